The minimum absolute atomic E-state index is 0.0791. The maximum absolute atomic E-state index is 11.8. The fourth-order valence-electron chi connectivity index (χ4n) is 2.02. The van der Waals surface area contributed by atoms with Gasteiger partial charge in [-0.3, -0.25) is 4.79 Å². The molecule has 1 unspecified atom stereocenters. The minimum atomic E-state index is 0.0791. The number of benzene rings is 1. The number of carbonyl (C=O) groups is 1. The third kappa shape index (κ3) is 4.52. The van der Waals surface area contributed by atoms with Crippen LogP contribution < -0.4 is 5.32 Å². The second-order valence-corrected chi connectivity index (χ2v) is 5.67. The third-order valence-corrected chi connectivity index (χ3v) is 4.02. The minimum Gasteiger partial charge on any atom is -0.350 e. The lowest BCUT2D eigenvalue weighted by Gasteiger charge is -2.14. The Morgan fingerprint density at radius 1 is 1.21 bits per heavy atom. The topological polar surface area (TPSA) is 29.1 Å². The van der Waals surface area contributed by atoms with Crippen molar-refractivity contribution in [1.29, 1.82) is 0 Å². The highest BCUT2D eigenvalue weighted by atomic mass is 32.1. The molecule has 0 saturated carbocycles. The lowest BCUT2D eigenvalue weighted by molar-refractivity contribution is -0.121. The van der Waals surface area contributed by atoms with Crippen LogP contribution in [0.1, 0.15) is 36.2 Å². The lowest BCUT2D eigenvalue weighted by atomic mass is 10.1. The van der Waals surface area contributed by atoms with Gasteiger partial charge in [0.15, 0.2) is 0 Å². The van der Waals surface area contributed by atoms with Gasteiger partial charge in [0.1, 0.15) is 0 Å². The zero-order chi connectivity index (χ0) is 13.5. The van der Waals surface area contributed by atoms with Gasteiger partial charge in [-0.05, 0) is 36.8 Å². The number of rotatable bonds is 6. The average molecular weight is 273 g/mol. The normalized spacial score (nSPS) is 12.1. The van der Waals surface area contributed by atoms with Gasteiger partial charge in [0.05, 0.1) is 6.04 Å². The molecule has 0 fully saturated rings. The van der Waals surface area contributed by atoms with E-state index in [-0.39, 0.29) is 11.9 Å². The van der Waals surface area contributed by atoms with Crippen LogP contribution in [0.3, 0.4) is 0 Å². The van der Waals surface area contributed by atoms with Gasteiger partial charge >= 0.3 is 0 Å². The molecule has 3 heteroatoms. The Labute approximate surface area is 118 Å². The standard InChI is InChI=1S/C16H19NOS/c1-13(14-7-3-2-4-8-14)17-16(18)11-5-9-15-10-6-12-19-15/h2-4,6-8,10,12-13H,5,9,11H2,1H3,(H,17,18). The molecule has 1 atom stereocenters. The molecule has 2 aromatic rings. The first kappa shape index (κ1) is 13.8. The molecule has 100 valence electrons. The van der Waals surface area contributed by atoms with Crippen LogP contribution in [0.15, 0.2) is 47.8 Å². The van der Waals surface area contributed by atoms with Crippen molar-refractivity contribution in [3.63, 3.8) is 0 Å². The molecule has 0 aliphatic carbocycles. The molecule has 1 N–H and O–H groups in total. The Balaban J connectivity index is 1.72. The highest BCUT2D eigenvalue weighted by Gasteiger charge is 2.08. The molecule has 1 amide bonds. The molecule has 1 heterocycles. The molecule has 19 heavy (non-hydrogen) atoms. The third-order valence-electron chi connectivity index (χ3n) is 3.08. The van der Waals surface area contributed by atoms with Crippen molar-refractivity contribution in [2.75, 3.05) is 0 Å². The molecular weight excluding hydrogens is 254 g/mol. The second-order valence-electron chi connectivity index (χ2n) is 4.63. The van der Waals surface area contributed by atoms with Crippen LogP contribution in [-0.4, -0.2) is 5.91 Å². The van der Waals surface area contributed by atoms with E-state index in [0.29, 0.717) is 6.42 Å². The van der Waals surface area contributed by atoms with Crippen LogP contribution in [0, 0.1) is 0 Å². The van der Waals surface area contributed by atoms with E-state index in [1.165, 1.54) is 4.88 Å². The summed E-state index contributed by atoms with van der Waals surface area (Å²) in [7, 11) is 0. The number of thiophene rings is 1. The summed E-state index contributed by atoms with van der Waals surface area (Å²) < 4.78 is 0. The van der Waals surface area contributed by atoms with Crippen LogP contribution in [0.4, 0.5) is 0 Å². The summed E-state index contributed by atoms with van der Waals surface area (Å²) in [5, 5.41) is 5.12. The zero-order valence-electron chi connectivity index (χ0n) is 11.1. The van der Waals surface area contributed by atoms with Gasteiger partial charge in [0.25, 0.3) is 0 Å². The zero-order valence-corrected chi connectivity index (χ0v) is 12.0. The number of amides is 1. The van der Waals surface area contributed by atoms with Gasteiger partial charge in [-0.2, -0.15) is 0 Å². The first-order chi connectivity index (χ1) is 9.25. The van der Waals surface area contributed by atoms with E-state index in [0.717, 1.165) is 18.4 Å². The van der Waals surface area contributed by atoms with Crippen molar-refractivity contribution in [3.8, 4) is 0 Å². The molecule has 0 saturated heterocycles. The lowest BCUT2D eigenvalue weighted by Crippen LogP contribution is -2.26. The van der Waals surface area contributed by atoms with Gasteiger partial charge < -0.3 is 5.32 Å². The molecule has 0 aliphatic heterocycles. The Kier molecular flexibility index (Phi) is 5.16. The van der Waals surface area contributed by atoms with Crippen molar-refractivity contribution in [3.05, 3.63) is 58.3 Å². The van der Waals surface area contributed by atoms with Crippen molar-refractivity contribution in [2.45, 2.75) is 32.2 Å². The van der Waals surface area contributed by atoms with Crippen LogP contribution in [0.5, 0.6) is 0 Å². The first-order valence-electron chi connectivity index (χ1n) is 6.62. The summed E-state index contributed by atoms with van der Waals surface area (Å²) in [6.45, 7) is 2.02. The molecule has 0 radical (unpaired) electrons. The van der Waals surface area contributed by atoms with Gasteiger partial charge in [-0.1, -0.05) is 36.4 Å². The summed E-state index contributed by atoms with van der Waals surface area (Å²) in [6.07, 6.45) is 2.49. The van der Waals surface area contributed by atoms with Crippen LogP contribution in [0.2, 0.25) is 0 Å². The van der Waals surface area contributed by atoms with Crippen LogP contribution in [0.25, 0.3) is 0 Å². The highest BCUT2D eigenvalue weighted by molar-refractivity contribution is 7.09. The van der Waals surface area contributed by atoms with E-state index in [1.807, 2.05) is 37.3 Å². The Bertz CT molecular complexity index is 493. The van der Waals surface area contributed by atoms with E-state index in [9.17, 15) is 4.79 Å². The van der Waals surface area contributed by atoms with Crippen LogP contribution >= 0.6 is 11.3 Å². The molecule has 2 rings (SSSR count). The molecule has 1 aromatic carbocycles. The van der Waals surface area contributed by atoms with E-state index in [4.69, 9.17) is 0 Å². The Morgan fingerprint density at radius 3 is 2.68 bits per heavy atom. The second kappa shape index (κ2) is 7.10. The SMILES string of the molecule is CC(NC(=O)CCCc1cccs1)c1ccccc1. The van der Waals surface area contributed by atoms with E-state index in [2.05, 4.69) is 22.8 Å². The maximum atomic E-state index is 11.8. The van der Waals surface area contributed by atoms with Crippen LogP contribution in [-0.2, 0) is 11.2 Å². The Hall–Kier alpha value is -1.61. The molecule has 0 aliphatic rings. The molecule has 1 aromatic heterocycles. The van der Waals surface area contributed by atoms with Crippen molar-refractivity contribution in [2.24, 2.45) is 0 Å². The van der Waals surface area contributed by atoms with E-state index >= 15 is 0 Å². The summed E-state index contributed by atoms with van der Waals surface area (Å²) in [6, 6.07) is 14.3. The largest absolute Gasteiger partial charge is 0.350 e. The van der Waals surface area contributed by atoms with Crippen molar-refractivity contribution >= 4 is 17.2 Å². The number of hydrogen-bond acceptors (Lipinski definition) is 2. The number of aryl methyl sites for hydroxylation is 1. The number of nitrogens with one attached hydrogen (secondary N) is 1. The number of hydrogen-bond donors (Lipinski definition) is 1. The van der Waals surface area contributed by atoms with Gasteiger partial charge in [0.2, 0.25) is 5.91 Å². The van der Waals surface area contributed by atoms with Gasteiger partial charge in [0, 0.05) is 11.3 Å². The monoisotopic (exact) mass is 273 g/mol. The average Bonchev–Trinajstić information content (AvgIpc) is 2.93. The van der Waals surface area contributed by atoms with Gasteiger partial charge in [-0.25, -0.2) is 0 Å². The van der Waals surface area contributed by atoms with Gasteiger partial charge in [-0.15, -0.1) is 11.3 Å². The predicted molar refractivity (Wildman–Crippen MR) is 80.3 cm³/mol. The summed E-state index contributed by atoms with van der Waals surface area (Å²) in [4.78, 5) is 13.2. The van der Waals surface area contributed by atoms with E-state index < -0.39 is 0 Å². The summed E-state index contributed by atoms with van der Waals surface area (Å²) in [5.74, 6) is 0.132. The summed E-state index contributed by atoms with van der Waals surface area (Å²) in [5.41, 5.74) is 1.15. The summed E-state index contributed by atoms with van der Waals surface area (Å²) >= 11 is 1.75. The number of carbonyl (C=O) groups excluding carboxylic acids is 1. The predicted octanol–water partition coefficient (Wildman–Crippen LogP) is 3.95. The molecule has 2 nitrogen and oxygen atoms in total. The maximum Gasteiger partial charge on any atom is 0.220 e. The molecule has 0 spiro atoms. The molecule has 0 bridgehead atoms. The van der Waals surface area contributed by atoms with E-state index in [1.54, 1.807) is 11.3 Å². The first-order valence-corrected chi connectivity index (χ1v) is 7.50. The fraction of sp³-hybridized carbons (Fsp3) is 0.312. The van der Waals surface area contributed by atoms with Crippen molar-refractivity contribution in [1.82, 2.24) is 5.32 Å². The van der Waals surface area contributed by atoms with Crippen molar-refractivity contribution < 1.29 is 4.79 Å². The smallest absolute Gasteiger partial charge is 0.220 e. The molecular formula is C16H19NOS. The fourth-order valence-corrected chi connectivity index (χ4v) is 2.77. The Morgan fingerprint density at radius 2 is 2.00 bits per heavy atom. The highest BCUT2D eigenvalue weighted by Crippen LogP contribution is 2.13. The quantitative estimate of drug-likeness (QED) is 0.848.